The van der Waals surface area contributed by atoms with Crippen LogP contribution < -0.4 is 4.74 Å². The molecule has 0 N–H and O–H groups in total. The molecule has 1 atom stereocenters. The molecule has 1 aromatic rings. The standard InChI is InChI=1S/C27H44O2/c1-3-4-5-6-7-8-9-10-11-12-13-14-15-16-17-18-25-19-21-26(22-20-25)28-23-27(2)24-29-27/h10-11,19-22H,3-9,12-18,23-24H2,1-2H3/b11-10+. The first-order valence-electron chi connectivity index (χ1n) is 12.2. The molecule has 0 amide bonds. The van der Waals surface area contributed by atoms with Crippen LogP contribution in [0.15, 0.2) is 36.4 Å². The maximum atomic E-state index is 5.79. The summed E-state index contributed by atoms with van der Waals surface area (Å²) >= 11 is 0. The molecule has 1 aliphatic rings. The van der Waals surface area contributed by atoms with E-state index in [1.165, 1.54) is 95.5 Å². The van der Waals surface area contributed by atoms with Gasteiger partial charge in [-0.05, 0) is 63.1 Å². The molecule has 1 heterocycles. The zero-order valence-corrected chi connectivity index (χ0v) is 19.1. The van der Waals surface area contributed by atoms with Crippen molar-refractivity contribution in [2.45, 2.75) is 109 Å². The third-order valence-electron chi connectivity index (χ3n) is 5.83. The monoisotopic (exact) mass is 400 g/mol. The highest BCUT2D eigenvalue weighted by molar-refractivity contribution is 5.27. The summed E-state index contributed by atoms with van der Waals surface area (Å²) in [5, 5.41) is 0. The summed E-state index contributed by atoms with van der Waals surface area (Å²) in [4.78, 5) is 0. The Morgan fingerprint density at radius 3 is 1.97 bits per heavy atom. The molecule has 0 radical (unpaired) electrons. The summed E-state index contributed by atoms with van der Waals surface area (Å²) in [6.07, 6.45) is 23.7. The molecule has 0 aromatic heterocycles. The minimum atomic E-state index is -0.0393. The highest BCUT2D eigenvalue weighted by Crippen LogP contribution is 2.27. The van der Waals surface area contributed by atoms with Crippen LogP contribution in [-0.2, 0) is 11.2 Å². The van der Waals surface area contributed by atoms with Crippen molar-refractivity contribution >= 4 is 0 Å². The molecule has 1 aliphatic heterocycles. The van der Waals surface area contributed by atoms with Gasteiger partial charge in [0.05, 0.1) is 6.61 Å². The van der Waals surface area contributed by atoms with Crippen LogP contribution >= 0.6 is 0 Å². The first kappa shape index (κ1) is 24.0. The van der Waals surface area contributed by atoms with E-state index in [4.69, 9.17) is 9.47 Å². The molecule has 164 valence electrons. The Bertz CT molecular complexity index is 542. The molecular weight excluding hydrogens is 356 g/mol. The van der Waals surface area contributed by atoms with Crippen LogP contribution in [-0.4, -0.2) is 18.8 Å². The van der Waals surface area contributed by atoms with Gasteiger partial charge in [0, 0.05) is 0 Å². The largest absolute Gasteiger partial charge is 0.491 e. The average Bonchev–Trinajstić information content (AvgIpc) is 3.48. The molecule has 1 aromatic carbocycles. The van der Waals surface area contributed by atoms with Crippen LogP contribution in [0.5, 0.6) is 5.75 Å². The van der Waals surface area contributed by atoms with Crippen molar-refractivity contribution in [3.8, 4) is 5.75 Å². The molecule has 2 nitrogen and oxygen atoms in total. The molecule has 2 heteroatoms. The average molecular weight is 401 g/mol. The maximum Gasteiger partial charge on any atom is 0.123 e. The van der Waals surface area contributed by atoms with Gasteiger partial charge in [-0.2, -0.15) is 0 Å². The topological polar surface area (TPSA) is 21.8 Å². The van der Waals surface area contributed by atoms with Crippen LogP contribution in [0.1, 0.15) is 103 Å². The number of aryl methyl sites for hydroxylation is 1. The fourth-order valence-electron chi connectivity index (χ4n) is 3.59. The van der Waals surface area contributed by atoms with Crippen molar-refractivity contribution in [1.82, 2.24) is 0 Å². The van der Waals surface area contributed by atoms with Crippen molar-refractivity contribution in [3.05, 3.63) is 42.0 Å². The van der Waals surface area contributed by atoms with Gasteiger partial charge in [-0.1, -0.05) is 82.6 Å². The first-order chi connectivity index (χ1) is 14.2. The van der Waals surface area contributed by atoms with E-state index >= 15 is 0 Å². The number of epoxide rings is 1. The van der Waals surface area contributed by atoms with Gasteiger partial charge in [0.25, 0.3) is 0 Å². The molecule has 29 heavy (non-hydrogen) atoms. The number of ether oxygens (including phenoxy) is 2. The molecular formula is C27H44O2. The Balaban J connectivity index is 1.37. The zero-order chi connectivity index (χ0) is 20.6. The lowest BCUT2D eigenvalue weighted by Gasteiger charge is -2.09. The number of hydrogen-bond donors (Lipinski definition) is 0. The third-order valence-corrected chi connectivity index (χ3v) is 5.83. The predicted molar refractivity (Wildman–Crippen MR) is 125 cm³/mol. The van der Waals surface area contributed by atoms with Gasteiger partial charge in [-0.25, -0.2) is 0 Å². The van der Waals surface area contributed by atoms with Crippen LogP contribution in [0.4, 0.5) is 0 Å². The van der Waals surface area contributed by atoms with Gasteiger partial charge in [0.1, 0.15) is 18.0 Å². The maximum absolute atomic E-state index is 5.79. The molecule has 1 fully saturated rings. The van der Waals surface area contributed by atoms with E-state index in [0.717, 1.165) is 12.4 Å². The lowest BCUT2D eigenvalue weighted by molar-refractivity contribution is 0.202. The first-order valence-corrected chi connectivity index (χ1v) is 12.2. The Morgan fingerprint density at radius 1 is 0.828 bits per heavy atom. The Hall–Kier alpha value is -1.28. The number of hydrogen-bond acceptors (Lipinski definition) is 2. The minimum Gasteiger partial charge on any atom is -0.491 e. The fraction of sp³-hybridized carbons (Fsp3) is 0.704. The second-order valence-electron chi connectivity index (χ2n) is 9.01. The minimum absolute atomic E-state index is 0.0393. The van der Waals surface area contributed by atoms with E-state index in [0.29, 0.717) is 6.61 Å². The third kappa shape index (κ3) is 12.1. The molecule has 0 aliphatic carbocycles. The number of allylic oxidation sites excluding steroid dienone is 2. The summed E-state index contributed by atoms with van der Waals surface area (Å²) in [5.74, 6) is 0.954. The van der Waals surface area contributed by atoms with E-state index in [9.17, 15) is 0 Å². The fourth-order valence-corrected chi connectivity index (χ4v) is 3.59. The van der Waals surface area contributed by atoms with E-state index in [1.54, 1.807) is 0 Å². The Labute approximate surface area is 180 Å². The number of rotatable bonds is 18. The molecule has 0 saturated carbocycles. The second-order valence-corrected chi connectivity index (χ2v) is 9.01. The number of unbranched alkanes of at least 4 members (excludes halogenated alkanes) is 11. The summed E-state index contributed by atoms with van der Waals surface area (Å²) in [5.41, 5.74) is 1.38. The van der Waals surface area contributed by atoms with Crippen molar-refractivity contribution < 1.29 is 9.47 Å². The lowest BCUT2D eigenvalue weighted by atomic mass is 10.0. The van der Waals surface area contributed by atoms with Gasteiger partial charge < -0.3 is 9.47 Å². The van der Waals surface area contributed by atoms with Gasteiger partial charge in [0.15, 0.2) is 0 Å². The highest BCUT2D eigenvalue weighted by atomic mass is 16.6. The normalized spacial score (nSPS) is 18.4. The van der Waals surface area contributed by atoms with Crippen molar-refractivity contribution in [3.63, 3.8) is 0 Å². The second kappa shape index (κ2) is 14.7. The number of benzene rings is 1. The van der Waals surface area contributed by atoms with E-state index in [-0.39, 0.29) is 5.60 Å². The van der Waals surface area contributed by atoms with Gasteiger partial charge in [-0.15, -0.1) is 0 Å². The van der Waals surface area contributed by atoms with Crippen molar-refractivity contribution in [2.75, 3.05) is 13.2 Å². The predicted octanol–water partition coefficient (Wildman–Crippen LogP) is 8.04. The summed E-state index contributed by atoms with van der Waals surface area (Å²) in [6.45, 7) is 5.85. The van der Waals surface area contributed by atoms with Gasteiger partial charge >= 0.3 is 0 Å². The van der Waals surface area contributed by atoms with E-state index in [2.05, 4.69) is 50.3 Å². The van der Waals surface area contributed by atoms with Gasteiger partial charge in [-0.3, -0.25) is 0 Å². The zero-order valence-electron chi connectivity index (χ0n) is 19.1. The molecule has 1 saturated heterocycles. The lowest BCUT2D eigenvalue weighted by Crippen LogP contribution is -2.16. The molecule has 2 rings (SSSR count). The van der Waals surface area contributed by atoms with Crippen LogP contribution in [0.25, 0.3) is 0 Å². The molecule has 1 unspecified atom stereocenters. The quantitative estimate of drug-likeness (QED) is 0.141. The van der Waals surface area contributed by atoms with Gasteiger partial charge in [0.2, 0.25) is 0 Å². The molecule has 0 bridgehead atoms. The molecule has 0 spiro atoms. The van der Waals surface area contributed by atoms with Crippen LogP contribution in [0, 0.1) is 0 Å². The Morgan fingerprint density at radius 2 is 1.38 bits per heavy atom. The SMILES string of the molecule is CCCCCCCC/C=C/CCCCCCCc1ccc(OCC2(C)CO2)cc1. The highest BCUT2D eigenvalue weighted by Gasteiger charge is 2.40. The summed E-state index contributed by atoms with van der Waals surface area (Å²) in [7, 11) is 0. The summed E-state index contributed by atoms with van der Waals surface area (Å²) < 4.78 is 11.1. The Kier molecular flexibility index (Phi) is 12.1. The van der Waals surface area contributed by atoms with Crippen molar-refractivity contribution in [2.24, 2.45) is 0 Å². The van der Waals surface area contributed by atoms with E-state index < -0.39 is 0 Å². The smallest absolute Gasteiger partial charge is 0.123 e. The van der Waals surface area contributed by atoms with Crippen molar-refractivity contribution in [1.29, 1.82) is 0 Å². The summed E-state index contributed by atoms with van der Waals surface area (Å²) in [6, 6.07) is 8.61. The van der Waals surface area contributed by atoms with Crippen LogP contribution in [0.2, 0.25) is 0 Å². The van der Waals surface area contributed by atoms with E-state index in [1.807, 2.05) is 0 Å². The van der Waals surface area contributed by atoms with Crippen LogP contribution in [0.3, 0.4) is 0 Å².